The molecule has 0 unspecified atom stereocenters. The maximum atomic E-state index is 13.5. The van der Waals surface area contributed by atoms with E-state index in [0.29, 0.717) is 11.4 Å². The first kappa shape index (κ1) is 29.9. The Balaban J connectivity index is 1.55. The molecule has 0 aromatic heterocycles. The second-order valence-corrected chi connectivity index (χ2v) is 13.1. The first-order valence-corrected chi connectivity index (χ1v) is 15.6. The van der Waals surface area contributed by atoms with Crippen LogP contribution >= 0.6 is 11.6 Å². The van der Waals surface area contributed by atoms with E-state index in [9.17, 15) is 21.6 Å². The number of methoxy groups -OCH3 is 1. The molecule has 0 bridgehead atoms. The van der Waals surface area contributed by atoms with Crippen LogP contribution in [0.1, 0.15) is 11.1 Å². The predicted molar refractivity (Wildman–Crippen MR) is 161 cm³/mol. The molecule has 0 radical (unpaired) electrons. The van der Waals surface area contributed by atoms with Crippen molar-refractivity contribution in [2.75, 3.05) is 28.0 Å². The van der Waals surface area contributed by atoms with Crippen LogP contribution in [0.2, 0.25) is 5.02 Å². The summed E-state index contributed by atoms with van der Waals surface area (Å²) in [7, 11) is -6.61. The van der Waals surface area contributed by atoms with E-state index < -0.39 is 32.5 Å². The number of aryl methyl sites for hydroxylation is 2. The SMILES string of the molecule is COc1ccc(N(CC(=O)Nc2ccc(S(=O)(=O)Nc3cc(C)ccc3C)cc2)S(=O)(=O)c2ccccc2)cc1Cl. The molecule has 4 rings (SSSR count). The molecule has 9 nitrogen and oxygen atoms in total. The van der Waals surface area contributed by atoms with Crippen LogP contribution in [0.25, 0.3) is 0 Å². The highest BCUT2D eigenvalue weighted by atomic mass is 35.5. The van der Waals surface area contributed by atoms with Gasteiger partial charge in [0.25, 0.3) is 20.0 Å². The van der Waals surface area contributed by atoms with E-state index in [1.54, 1.807) is 31.2 Å². The van der Waals surface area contributed by atoms with E-state index in [0.717, 1.165) is 15.4 Å². The van der Waals surface area contributed by atoms with Gasteiger partial charge in [-0.25, -0.2) is 16.8 Å². The molecule has 0 spiro atoms. The average molecular weight is 614 g/mol. The first-order chi connectivity index (χ1) is 19.4. The lowest BCUT2D eigenvalue weighted by molar-refractivity contribution is -0.114. The molecule has 0 saturated heterocycles. The van der Waals surface area contributed by atoms with Crippen molar-refractivity contribution in [2.24, 2.45) is 0 Å². The van der Waals surface area contributed by atoms with Gasteiger partial charge < -0.3 is 10.1 Å². The summed E-state index contributed by atoms with van der Waals surface area (Å²) < 4.78 is 61.6. The zero-order valence-electron chi connectivity index (χ0n) is 22.5. The largest absolute Gasteiger partial charge is 0.495 e. The summed E-state index contributed by atoms with van der Waals surface area (Å²) in [4.78, 5) is 13.1. The smallest absolute Gasteiger partial charge is 0.264 e. The molecule has 2 N–H and O–H groups in total. The van der Waals surface area contributed by atoms with Crippen molar-refractivity contribution in [3.8, 4) is 5.75 Å². The normalized spacial score (nSPS) is 11.5. The average Bonchev–Trinajstić information content (AvgIpc) is 2.94. The van der Waals surface area contributed by atoms with Crippen molar-refractivity contribution in [1.29, 1.82) is 0 Å². The molecule has 0 fully saturated rings. The highest BCUT2D eigenvalue weighted by Crippen LogP contribution is 2.32. The van der Waals surface area contributed by atoms with Gasteiger partial charge in [0.15, 0.2) is 0 Å². The van der Waals surface area contributed by atoms with Crippen LogP contribution < -0.4 is 19.1 Å². The van der Waals surface area contributed by atoms with Crippen molar-refractivity contribution in [2.45, 2.75) is 23.6 Å². The second kappa shape index (κ2) is 12.2. The Bertz CT molecular complexity index is 1780. The fourth-order valence-electron chi connectivity index (χ4n) is 3.94. The topological polar surface area (TPSA) is 122 Å². The fraction of sp³-hybridized carbons (Fsp3) is 0.138. The Hall–Kier alpha value is -4.06. The quantitative estimate of drug-likeness (QED) is 0.240. The van der Waals surface area contributed by atoms with Crippen LogP contribution in [-0.2, 0) is 24.8 Å². The van der Waals surface area contributed by atoms with E-state index in [2.05, 4.69) is 10.0 Å². The van der Waals surface area contributed by atoms with Crippen LogP contribution in [0.3, 0.4) is 0 Å². The van der Waals surface area contributed by atoms with Crippen molar-refractivity contribution < 1.29 is 26.4 Å². The van der Waals surface area contributed by atoms with E-state index in [4.69, 9.17) is 16.3 Å². The number of amides is 1. The summed E-state index contributed by atoms with van der Waals surface area (Å²) >= 11 is 6.25. The summed E-state index contributed by atoms with van der Waals surface area (Å²) in [5, 5.41) is 2.80. The lowest BCUT2D eigenvalue weighted by atomic mass is 10.1. The summed E-state index contributed by atoms with van der Waals surface area (Å²) in [6, 6.07) is 23.1. The standard InChI is InChI=1S/C29H28ClN3O6S2/c1-20-9-10-21(2)27(17-20)32-40(35,36)24-14-11-22(12-15-24)31-29(34)19-33(23-13-16-28(39-3)26(30)18-23)41(37,38)25-7-5-4-6-8-25/h4-18,32H,19H2,1-3H3,(H,31,34). The van der Waals surface area contributed by atoms with Gasteiger partial charge in [0.1, 0.15) is 12.3 Å². The van der Waals surface area contributed by atoms with Crippen molar-refractivity contribution >= 4 is 54.6 Å². The molecular formula is C29H28ClN3O6S2. The second-order valence-electron chi connectivity index (χ2n) is 9.14. The lowest BCUT2D eigenvalue weighted by Crippen LogP contribution is -2.38. The number of nitrogens with zero attached hydrogens (tertiary/aromatic N) is 1. The van der Waals surface area contributed by atoms with Crippen molar-refractivity contribution in [1.82, 2.24) is 0 Å². The molecule has 12 heteroatoms. The third-order valence-corrected chi connectivity index (χ3v) is 9.59. The van der Waals surface area contributed by atoms with Gasteiger partial charge in [0, 0.05) is 5.69 Å². The highest BCUT2D eigenvalue weighted by Gasteiger charge is 2.28. The monoisotopic (exact) mass is 613 g/mol. The van der Waals surface area contributed by atoms with Gasteiger partial charge in [-0.15, -0.1) is 0 Å². The van der Waals surface area contributed by atoms with Gasteiger partial charge in [0.2, 0.25) is 5.91 Å². The summed E-state index contributed by atoms with van der Waals surface area (Å²) in [6.45, 7) is 3.09. The number of nitrogens with one attached hydrogen (secondary N) is 2. The molecule has 0 aliphatic rings. The molecular weight excluding hydrogens is 586 g/mol. The van der Waals surface area contributed by atoms with Gasteiger partial charge in [-0.3, -0.25) is 13.8 Å². The molecule has 1 amide bonds. The number of ether oxygens (including phenoxy) is 1. The summed E-state index contributed by atoms with van der Waals surface area (Å²) in [6.07, 6.45) is 0. The molecule has 0 aliphatic heterocycles. The van der Waals surface area contributed by atoms with Gasteiger partial charge in [0.05, 0.1) is 33.3 Å². The number of hydrogen-bond donors (Lipinski definition) is 2. The Labute approximate surface area is 244 Å². The molecule has 0 heterocycles. The van der Waals surface area contributed by atoms with Gasteiger partial charge in [-0.1, -0.05) is 41.9 Å². The highest BCUT2D eigenvalue weighted by molar-refractivity contribution is 7.93. The van der Waals surface area contributed by atoms with E-state index in [1.165, 1.54) is 61.7 Å². The van der Waals surface area contributed by atoms with Crippen LogP contribution in [-0.4, -0.2) is 36.4 Å². The van der Waals surface area contributed by atoms with Crippen molar-refractivity contribution in [3.63, 3.8) is 0 Å². The zero-order chi connectivity index (χ0) is 29.8. The minimum absolute atomic E-state index is 0.00226. The fourth-order valence-corrected chi connectivity index (χ4v) is 6.75. The van der Waals surface area contributed by atoms with Crippen molar-refractivity contribution in [3.05, 3.63) is 107 Å². The van der Waals surface area contributed by atoms with E-state index in [1.807, 2.05) is 19.1 Å². The number of benzene rings is 4. The van der Waals surface area contributed by atoms with Crippen LogP contribution in [0.15, 0.2) is 101 Å². The van der Waals surface area contributed by atoms with Crippen LogP contribution in [0, 0.1) is 13.8 Å². The van der Waals surface area contributed by atoms with E-state index in [-0.39, 0.29) is 26.2 Å². The minimum Gasteiger partial charge on any atom is -0.495 e. The molecule has 4 aromatic carbocycles. The number of sulfonamides is 2. The number of anilines is 3. The maximum Gasteiger partial charge on any atom is 0.264 e. The molecule has 0 atom stereocenters. The number of rotatable bonds is 10. The number of halogens is 1. The number of carbonyl (C=O) groups excluding carboxylic acids is 1. The van der Waals surface area contributed by atoms with Crippen LogP contribution in [0.4, 0.5) is 17.1 Å². The summed E-state index contributed by atoms with van der Waals surface area (Å²) in [5.74, 6) is -0.306. The molecule has 0 saturated carbocycles. The summed E-state index contributed by atoms with van der Waals surface area (Å²) in [5.41, 5.74) is 2.60. The zero-order valence-corrected chi connectivity index (χ0v) is 24.8. The Morgan fingerprint density at radius 2 is 1.54 bits per heavy atom. The minimum atomic E-state index is -4.15. The number of hydrogen-bond acceptors (Lipinski definition) is 6. The first-order valence-electron chi connectivity index (χ1n) is 12.3. The number of carbonyl (C=O) groups is 1. The molecule has 41 heavy (non-hydrogen) atoms. The van der Waals surface area contributed by atoms with E-state index >= 15 is 0 Å². The predicted octanol–water partition coefficient (Wildman–Crippen LogP) is 5.60. The van der Waals surface area contributed by atoms with Gasteiger partial charge in [-0.05, 0) is 85.6 Å². The molecule has 214 valence electrons. The Morgan fingerprint density at radius 1 is 0.854 bits per heavy atom. The van der Waals surface area contributed by atoms with Gasteiger partial charge >= 0.3 is 0 Å². The lowest BCUT2D eigenvalue weighted by Gasteiger charge is -2.24. The third-order valence-electron chi connectivity index (χ3n) is 6.13. The maximum absolute atomic E-state index is 13.5. The molecule has 0 aliphatic carbocycles. The Morgan fingerprint density at radius 3 is 2.17 bits per heavy atom. The molecule has 4 aromatic rings. The van der Waals surface area contributed by atoms with Crippen LogP contribution in [0.5, 0.6) is 5.75 Å². The van der Waals surface area contributed by atoms with Gasteiger partial charge in [-0.2, -0.15) is 0 Å². The Kier molecular flexibility index (Phi) is 8.91. The third kappa shape index (κ3) is 6.99.